The zero-order chi connectivity index (χ0) is 44.6. The Kier molecular flexibility index (Phi) is 10.0. The van der Waals surface area contributed by atoms with Gasteiger partial charge in [0.2, 0.25) is 0 Å². The van der Waals surface area contributed by atoms with Crippen molar-refractivity contribution < 1.29 is 0 Å². The van der Waals surface area contributed by atoms with Crippen LogP contribution in [0.3, 0.4) is 0 Å². The van der Waals surface area contributed by atoms with Crippen molar-refractivity contribution in [3.63, 3.8) is 0 Å². The van der Waals surface area contributed by atoms with Crippen molar-refractivity contribution in [1.82, 2.24) is 19.9 Å². The van der Waals surface area contributed by atoms with Crippen molar-refractivity contribution in [1.29, 1.82) is 0 Å². The lowest BCUT2D eigenvalue weighted by Crippen LogP contribution is -2.28. The highest BCUT2D eigenvalue weighted by Crippen LogP contribution is 2.58. The molecule has 2 aromatic heterocycles. The highest BCUT2D eigenvalue weighted by Gasteiger charge is 2.46. The van der Waals surface area contributed by atoms with Gasteiger partial charge in [0.25, 0.3) is 0 Å². The Hall–Kier alpha value is -8.86. The van der Waals surface area contributed by atoms with Crippen LogP contribution < -0.4 is 0 Å². The fourth-order valence-electron chi connectivity index (χ4n) is 9.89. The highest BCUT2D eigenvalue weighted by molar-refractivity contribution is 5.94. The van der Waals surface area contributed by atoms with Gasteiger partial charge in [0.15, 0.2) is 17.5 Å². The van der Waals surface area contributed by atoms with E-state index in [1.54, 1.807) is 0 Å². The number of fused-ring (bicyclic) bond motifs is 3. The van der Waals surface area contributed by atoms with Crippen LogP contribution in [0.5, 0.6) is 0 Å². The van der Waals surface area contributed by atoms with Crippen LogP contribution in [0.25, 0.3) is 90.1 Å². The third-order valence-electron chi connectivity index (χ3n) is 13.0. The van der Waals surface area contributed by atoms with Gasteiger partial charge >= 0.3 is 0 Å². The van der Waals surface area contributed by atoms with Gasteiger partial charge in [0.05, 0.1) is 16.8 Å². The molecule has 1 aliphatic carbocycles. The van der Waals surface area contributed by atoms with Crippen molar-refractivity contribution in [2.75, 3.05) is 0 Å². The van der Waals surface area contributed by atoms with Gasteiger partial charge in [-0.3, -0.25) is 0 Å². The molecule has 0 saturated heterocycles. The molecule has 0 bridgehead atoms. The van der Waals surface area contributed by atoms with Crippen LogP contribution in [0, 0.1) is 0 Å². The summed E-state index contributed by atoms with van der Waals surface area (Å²) in [4.78, 5) is 21.0. The van der Waals surface area contributed by atoms with Crippen molar-refractivity contribution in [2.45, 2.75) is 5.41 Å². The second-order valence-electron chi connectivity index (χ2n) is 16.9. The highest BCUT2D eigenvalue weighted by atomic mass is 15.0. The molecule has 67 heavy (non-hydrogen) atoms. The molecule has 0 unspecified atom stereocenters. The number of benzene rings is 9. The number of hydrogen-bond acceptors (Lipinski definition) is 4. The molecule has 0 radical (unpaired) electrons. The minimum absolute atomic E-state index is 0.596. The Balaban J connectivity index is 1.11. The third kappa shape index (κ3) is 7.13. The normalized spacial score (nSPS) is 12.3. The van der Waals surface area contributed by atoms with E-state index < -0.39 is 5.41 Å². The van der Waals surface area contributed by atoms with E-state index in [9.17, 15) is 0 Å². The average molecular weight is 855 g/mol. The van der Waals surface area contributed by atoms with E-state index in [0.717, 1.165) is 67.0 Å². The molecule has 0 aliphatic heterocycles. The average Bonchev–Trinajstić information content (AvgIpc) is 3.72. The summed E-state index contributed by atoms with van der Waals surface area (Å²) in [6.07, 6.45) is 0. The molecule has 9 aromatic carbocycles. The minimum Gasteiger partial charge on any atom is -0.248 e. The minimum atomic E-state index is -0.596. The molecule has 0 spiro atoms. The number of aromatic nitrogens is 4. The molecule has 4 nitrogen and oxygen atoms in total. The summed E-state index contributed by atoms with van der Waals surface area (Å²) in [7, 11) is 0. The summed E-state index contributed by atoms with van der Waals surface area (Å²) < 4.78 is 0. The van der Waals surface area contributed by atoms with Crippen LogP contribution in [0.1, 0.15) is 22.3 Å². The van der Waals surface area contributed by atoms with E-state index in [-0.39, 0.29) is 0 Å². The van der Waals surface area contributed by atoms with E-state index in [1.165, 1.54) is 27.8 Å². The summed E-state index contributed by atoms with van der Waals surface area (Å²) in [5.41, 5.74) is 17.6. The first kappa shape index (κ1) is 39.7. The Morgan fingerprint density at radius 2 is 0.642 bits per heavy atom. The standard InChI is InChI=1S/C63H42N4/c1-7-21-43(22-8-1)49-39-58(45-23-9-2-10-24-45)64-59(40-49)46-37-35-44(36-38-46)53-42-57-54(52-33-19-20-34-56(52)63(57,50-29-15-5-16-30-50)51-31-17-6-18-32-51)41-55(53)62-66-60(47-25-11-3-12-26-47)65-61(67-62)48-27-13-4-14-28-48/h1-42H. The third-order valence-corrected chi connectivity index (χ3v) is 13.0. The maximum atomic E-state index is 5.33. The van der Waals surface area contributed by atoms with Gasteiger partial charge in [-0.05, 0) is 79.9 Å². The van der Waals surface area contributed by atoms with Gasteiger partial charge in [-0.1, -0.05) is 231 Å². The van der Waals surface area contributed by atoms with Crippen LogP contribution in [0.2, 0.25) is 0 Å². The van der Waals surface area contributed by atoms with E-state index >= 15 is 0 Å². The lowest BCUT2D eigenvalue weighted by Gasteiger charge is -2.34. The maximum Gasteiger partial charge on any atom is 0.164 e. The fourth-order valence-corrected chi connectivity index (χ4v) is 9.89. The Labute approximate surface area is 390 Å². The molecule has 0 fully saturated rings. The van der Waals surface area contributed by atoms with Crippen LogP contribution in [-0.4, -0.2) is 19.9 Å². The number of hydrogen-bond donors (Lipinski definition) is 0. The Bertz CT molecular complexity index is 3370. The van der Waals surface area contributed by atoms with Gasteiger partial charge in [-0.25, -0.2) is 19.9 Å². The quantitative estimate of drug-likeness (QED) is 0.145. The van der Waals surface area contributed by atoms with Gasteiger partial charge in [-0.2, -0.15) is 0 Å². The molecule has 2 heterocycles. The van der Waals surface area contributed by atoms with E-state index in [1.807, 2.05) is 42.5 Å². The monoisotopic (exact) mass is 854 g/mol. The predicted molar refractivity (Wildman–Crippen MR) is 273 cm³/mol. The predicted octanol–water partition coefficient (Wildman–Crippen LogP) is 15.3. The zero-order valence-electron chi connectivity index (χ0n) is 36.5. The molecular formula is C63H42N4. The molecule has 11 aromatic rings. The summed E-state index contributed by atoms with van der Waals surface area (Å²) >= 11 is 0. The maximum absolute atomic E-state index is 5.33. The molecule has 314 valence electrons. The zero-order valence-corrected chi connectivity index (χ0v) is 36.5. The van der Waals surface area contributed by atoms with Gasteiger partial charge in [0.1, 0.15) is 0 Å². The Morgan fingerprint density at radius 1 is 0.224 bits per heavy atom. The van der Waals surface area contributed by atoms with Gasteiger partial charge < -0.3 is 0 Å². The molecule has 0 amide bonds. The molecule has 1 aliphatic rings. The lowest BCUT2D eigenvalue weighted by molar-refractivity contribution is 0.769. The summed E-state index contributed by atoms with van der Waals surface area (Å²) in [5, 5.41) is 0. The fraction of sp³-hybridized carbons (Fsp3) is 0.0159. The second-order valence-corrected chi connectivity index (χ2v) is 16.9. The van der Waals surface area contributed by atoms with Crippen LogP contribution in [-0.2, 0) is 5.41 Å². The molecular weight excluding hydrogens is 813 g/mol. The van der Waals surface area contributed by atoms with Crippen LogP contribution in [0.15, 0.2) is 255 Å². The van der Waals surface area contributed by atoms with Crippen molar-refractivity contribution >= 4 is 0 Å². The van der Waals surface area contributed by atoms with Crippen molar-refractivity contribution in [3.05, 3.63) is 277 Å². The first-order valence-corrected chi connectivity index (χ1v) is 22.7. The molecule has 4 heteroatoms. The summed E-state index contributed by atoms with van der Waals surface area (Å²) in [5.74, 6) is 1.84. The van der Waals surface area contributed by atoms with Gasteiger partial charge in [-0.15, -0.1) is 0 Å². The van der Waals surface area contributed by atoms with Crippen molar-refractivity contribution in [3.8, 4) is 90.1 Å². The number of rotatable bonds is 9. The van der Waals surface area contributed by atoms with Crippen LogP contribution >= 0.6 is 0 Å². The molecule has 0 saturated carbocycles. The van der Waals surface area contributed by atoms with Gasteiger partial charge in [0, 0.05) is 27.8 Å². The van der Waals surface area contributed by atoms with Crippen molar-refractivity contribution in [2.24, 2.45) is 0 Å². The molecule has 12 rings (SSSR count). The lowest BCUT2D eigenvalue weighted by atomic mass is 9.67. The van der Waals surface area contributed by atoms with E-state index in [0.29, 0.717) is 17.5 Å². The largest absolute Gasteiger partial charge is 0.248 e. The molecule has 0 atom stereocenters. The van der Waals surface area contributed by atoms with E-state index in [2.05, 4.69) is 212 Å². The Morgan fingerprint density at radius 3 is 1.18 bits per heavy atom. The van der Waals surface area contributed by atoms with E-state index in [4.69, 9.17) is 19.9 Å². The summed E-state index contributed by atoms with van der Waals surface area (Å²) in [6.45, 7) is 0. The topological polar surface area (TPSA) is 51.6 Å². The second kappa shape index (κ2) is 16.9. The number of pyridine rings is 1. The smallest absolute Gasteiger partial charge is 0.164 e. The first-order chi connectivity index (χ1) is 33.2. The first-order valence-electron chi connectivity index (χ1n) is 22.7. The molecule has 0 N–H and O–H groups in total. The SMILES string of the molecule is c1ccc(-c2cc(-c3ccccc3)nc(-c3ccc(-c4cc5c(cc4-c4nc(-c6ccccc6)nc(-c6ccccc6)n4)-c4ccccc4C5(c4ccccc4)c4ccccc4)cc3)c2)cc1. The number of nitrogens with zero attached hydrogens (tertiary/aromatic N) is 4. The summed E-state index contributed by atoms with van der Waals surface area (Å²) in [6, 6.07) is 90.1. The van der Waals surface area contributed by atoms with Crippen LogP contribution in [0.4, 0.5) is 0 Å².